The van der Waals surface area contributed by atoms with Gasteiger partial charge in [0.2, 0.25) is 17.6 Å². The van der Waals surface area contributed by atoms with E-state index in [0.29, 0.717) is 34.3 Å². The predicted molar refractivity (Wildman–Crippen MR) is 104 cm³/mol. The molecule has 0 aliphatic heterocycles. The first-order valence-corrected chi connectivity index (χ1v) is 9.20. The number of halogens is 2. The number of methoxy groups -OCH3 is 2. The maximum absolute atomic E-state index is 13.3. The van der Waals surface area contributed by atoms with Crippen LogP contribution in [0.1, 0.15) is 30.8 Å². The van der Waals surface area contributed by atoms with Gasteiger partial charge >= 0.3 is 0 Å². The number of aromatic nitrogens is 2. The van der Waals surface area contributed by atoms with Crippen LogP contribution >= 0.6 is 0 Å². The standard InChI is InChI=1S/C21H21F2N3O4/c1-12(13-4-6-15(22)16(23)10-13)24-19(27)8-9-20-25-21(26-30-20)14-5-7-17(28-2)18(11-14)29-3/h4-7,10-12H,8-9H2,1-3H3,(H,24,27). The molecule has 1 N–H and O–H groups in total. The van der Waals surface area contributed by atoms with Crippen molar-refractivity contribution in [3.05, 3.63) is 59.5 Å². The van der Waals surface area contributed by atoms with E-state index in [1.54, 1.807) is 32.2 Å². The highest BCUT2D eigenvalue weighted by atomic mass is 19.2. The van der Waals surface area contributed by atoms with Gasteiger partial charge in [0.15, 0.2) is 23.1 Å². The van der Waals surface area contributed by atoms with Crippen molar-refractivity contribution in [2.45, 2.75) is 25.8 Å². The third-order valence-electron chi connectivity index (χ3n) is 4.50. The number of benzene rings is 2. The van der Waals surface area contributed by atoms with Crippen LogP contribution in [-0.2, 0) is 11.2 Å². The maximum atomic E-state index is 13.3. The molecule has 30 heavy (non-hydrogen) atoms. The van der Waals surface area contributed by atoms with Crippen LogP contribution < -0.4 is 14.8 Å². The lowest BCUT2D eigenvalue weighted by molar-refractivity contribution is -0.121. The summed E-state index contributed by atoms with van der Waals surface area (Å²) in [5.41, 5.74) is 1.15. The smallest absolute Gasteiger partial charge is 0.227 e. The lowest BCUT2D eigenvalue weighted by Gasteiger charge is -2.14. The third-order valence-corrected chi connectivity index (χ3v) is 4.50. The minimum atomic E-state index is -0.956. The van der Waals surface area contributed by atoms with Crippen LogP contribution in [0.2, 0.25) is 0 Å². The Balaban J connectivity index is 1.58. The number of amides is 1. The molecule has 1 atom stereocenters. The summed E-state index contributed by atoms with van der Waals surface area (Å²) in [5, 5.41) is 6.66. The molecule has 1 aromatic heterocycles. The summed E-state index contributed by atoms with van der Waals surface area (Å²) in [4.78, 5) is 16.5. The van der Waals surface area contributed by atoms with Gasteiger partial charge < -0.3 is 19.3 Å². The summed E-state index contributed by atoms with van der Waals surface area (Å²) in [7, 11) is 3.08. The van der Waals surface area contributed by atoms with Crippen molar-refractivity contribution >= 4 is 5.91 Å². The van der Waals surface area contributed by atoms with Crippen molar-refractivity contribution in [2.75, 3.05) is 14.2 Å². The van der Waals surface area contributed by atoms with Crippen LogP contribution in [0.5, 0.6) is 11.5 Å². The molecule has 0 saturated carbocycles. The van der Waals surface area contributed by atoms with Crippen molar-refractivity contribution in [3.63, 3.8) is 0 Å². The molecule has 7 nitrogen and oxygen atoms in total. The second-order valence-electron chi connectivity index (χ2n) is 6.54. The zero-order valence-electron chi connectivity index (χ0n) is 16.7. The Hall–Kier alpha value is -3.49. The van der Waals surface area contributed by atoms with Crippen molar-refractivity contribution in [1.82, 2.24) is 15.5 Å². The molecule has 0 spiro atoms. The first-order chi connectivity index (χ1) is 14.4. The van der Waals surface area contributed by atoms with Gasteiger partial charge in [-0.15, -0.1) is 0 Å². The van der Waals surface area contributed by atoms with E-state index in [1.165, 1.54) is 13.2 Å². The van der Waals surface area contributed by atoms with Crippen LogP contribution in [-0.4, -0.2) is 30.3 Å². The average molecular weight is 417 g/mol. The molecular formula is C21H21F2N3O4. The van der Waals surface area contributed by atoms with Crippen LogP contribution in [0, 0.1) is 11.6 Å². The molecule has 158 valence electrons. The quantitative estimate of drug-likeness (QED) is 0.599. The van der Waals surface area contributed by atoms with Gasteiger partial charge in [0.25, 0.3) is 0 Å². The number of hydrogen-bond donors (Lipinski definition) is 1. The van der Waals surface area contributed by atoms with Crippen molar-refractivity contribution in [1.29, 1.82) is 0 Å². The van der Waals surface area contributed by atoms with Gasteiger partial charge in [-0.05, 0) is 42.8 Å². The second kappa shape index (κ2) is 9.34. The number of hydrogen-bond acceptors (Lipinski definition) is 6. The highest BCUT2D eigenvalue weighted by Gasteiger charge is 2.15. The molecule has 0 saturated heterocycles. The van der Waals surface area contributed by atoms with Gasteiger partial charge in [0, 0.05) is 18.4 Å². The largest absolute Gasteiger partial charge is 0.493 e. The second-order valence-corrected chi connectivity index (χ2v) is 6.54. The highest BCUT2D eigenvalue weighted by Crippen LogP contribution is 2.31. The lowest BCUT2D eigenvalue weighted by Crippen LogP contribution is -2.27. The first-order valence-electron chi connectivity index (χ1n) is 9.20. The Labute approximate surface area is 172 Å². The Bertz CT molecular complexity index is 1040. The van der Waals surface area contributed by atoms with Crippen LogP contribution in [0.25, 0.3) is 11.4 Å². The molecule has 0 bridgehead atoms. The molecule has 1 amide bonds. The fraction of sp³-hybridized carbons (Fsp3) is 0.286. The topological polar surface area (TPSA) is 86.5 Å². The molecule has 0 radical (unpaired) electrons. The molecule has 3 aromatic rings. The van der Waals surface area contributed by atoms with Gasteiger partial charge in [0.05, 0.1) is 20.3 Å². The van der Waals surface area contributed by atoms with E-state index in [4.69, 9.17) is 14.0 Å². The normalized spacial score (nSPS) is 11.8. The number of carbonyl (C=O) groups excluding carboxylic acids is 1. The molecule has 0 fully saturated rings. The molecule has 2 aromatic carbocycles. The van der Waals surface area contributed by atoms with Gasteiger partial charge in [-0.25, -0.2) is 8.78 Å². The Morgan fingerprint density at radius 3 is 2.57 bits per heavy atom. The van der Waals surface area contributed by atoms with E-state index in [9.17, 15) is 13.6 Å². The molecule has 9 heteroatoms. The summed E-state index contributed by atoms with van der Waals surface area (Å²) in [6.07, 6.45) is 0.332. The molecule has 1 heterocycles. The number of nitrogens with zero attached hydrogens (tertiary/aromatic N) is 2. The van der Waals surface area contributed by atoms with Gasteiger partial charge in [-0.3, -0.25) is 4.79 Å². The maximum Gasteiger partial charge on any atom is 0.227 e. The zero-order valence-corrected chi connectivity index (χ0v) is 16.7. The summed E-state index contributed by atoms with van der Waals surface area (Å²) < 4.78 is 42.1. The first kappa shape index (κ1) is 21.2. The number of ether oxygens (including phenoxy) is 2. The monoisotopic (exact) mass is 417 g/mol. The SMILES string of the molecule is COc1ccc(-c2noc(CCC(=O)NC(C)c3ccc(F)c(F)c3)n2)cc1OC. The molecular weight excluding hydrogens is 396 g/mol. The minimum absolute atomic E-state index is 0.0988. The summed E-state index contributed by atoms with van der Waals surface area (Å²) in [6.45, 7) is 1.69. The molecule has 1 unspecified atom stereocenters. The highest BCUT2D eigenvalue weighted by molar-refractivity contribution is 5.76. The van der Waals surface area contributed by atoms with E-state index < -0.39 is 17.7 Å². The van der Waals surface area contributed by atoms with Crippen molar-refractivity contribution < 1.29 is 27.6 Å². The summed E-state index contributed by atoms with van der Waals surface area (Å²) >= 11 is 0. The molecule has 0 aliphatic carbocycles. The number of rotatable bonds is 8. The van der Waals surface area contributed by atoms with Crippen LogP contribution in [0.3, 0.4) is 0 Å². The van der Waals surface area contributed by atoms with E-state index in [-0.39, 0.29) is 18.7 Å². The average Bonchev–Trinajstić information content (AvgIpc) is 3.22. The Morgan fingerprint density at radius 1 is 1.10 bits per heavy atom. The van der Waals surface area contributed by atoms with Gasteiger partial charge in [-0.1, -0.05) is 11.2 Å². The van der Waals surface area contributed by atoms with E-state index in [0.717, 1.165) is 12.1 Å². The molecule has 3 rings (SSSR count). The van der Waals surface area contributed by atoms with E-state index >= 15 is 0 Å². The summed E-state index contributed by atoms with van der Waals surface area (Å²) in [5.74, 6) is -0.389. The van der Waals surface area contributed by atoms with E-state index in [1.807, 2.05) is 0 Å². The Kier molecular flexibility index (Phi) is 6.61. The summed E-state index contributed by atoms with van der Waals surface area (Å²) in [6, 6.07) is 8.27. The number of nitrogens with one attached hydrogen (secondary N) is 1. The third kappa shape index (κ3) is 4.91. The lowest BCUT2D eigenvalue weighted by atomic mass is 10.1. The van der Waals surface area contributed by atoms with E-state index in [2.05, 4.69) is 15.5 Å². The zero-order chi connectivity index (χ0) is 21.7. The van der Waals surface area contributed by atoms with Gasteiger partial charge in [0.1, 0.15) is 0 Å². The number of carbonyl (C=O) groups is 1. The molecule has 0 aliphatic rings. The number of aryl methyl sites for hydroxylation is 1. The predicted octanol–water partition coefficient (Wildman–Crippen LogP) is 3.84. The van der Waals surface area contributed by atoms with Crippen LogP contribution in [0.4, 0.5) is 8.78 Å². The fourth-order valence-corrected chi connectivity index (χ4v) is 2.85. The van der Waals surface area contributed by atoms with Crippen molar-refractivity contribution in [3.8, 4) is 22.9 Å². The van der Waals surface area contributed by atoms with Crippen LogP contribution in [0.15, 0.2) is 40.9 Å². The Morgan fingerprint density at radius 2 is 1.87 bits per heavy atom. The van der Waals surface area contributed by atoms with Gasteiger partial charge in [-0.2, -0.15) is 4.98 Å². The van der Waals surface area contributed by atoms with Crippen molar-refractivity contribution in [2.24, 2.45) is 0 Å². The fourth-order valence-electron chi connectivity index (χ4n) is 2.85. The minimum Gasteiger partial charge on any atom is -0.493 e.